The van der Waals surface area contributed by atoms with Crippen molar-refractivity contribution in [1.82, 2.24) is 10.9 Å². The lowest BCUT2D eigenvalue weighted by atomic mass is 9.95. The zero-order valence-electron chi connectivity index (χ0n) is 12.1. The molecule has 0 saturated carbocycles. The number of ether oxygens (including phenoxy) is 1. The van der Waals surface area contributed by atoms with Crippen LogP contribution < -0.4 is 22.5 Å². The van der Waals surface area contributed by atoms with Crippen molar-refractivity contribution in [3.63, 3.8) is 0 Å². The van der Waals surface area contributed by atoms with Crippen LogP contribution in [0.15, 0.2) is 0 Å². The maximum absolute atomic E-state index is 11.6. The lowest BCUT2D eigenvalue weighted by Crippen LogP contribution is -2.39. The van der Waals surface area contributed by atoms with Gasteiger partial charge in [-0.3, -0.25) is 20.4 Å². The van der Waals surface area contributed by atoms with Crippen LogP contribution in [0.3, 0.4) is 0 Å². The molecule has 2 atom stereocenters. The molecule has 0 saturated heterocycles. The maximum atomic E-state index is 11.6. The van der Waals surface area contributed by atoms with Gasteiger partial charge in [0, 0.05) is 18.9 Å². The lowest BCUT2D eigenvalue weighted by molar-refractivity contribution is -0.127. The van der Waals surface area contributed by atoms with Gasteiger partial charge in [-0.15, -0.1) is 0 Å². The predicted octanol–water partition coefficient (Wildman–Crippen LogP) is -1.21. The number of nitrogens with one attached hydrogen (secondary N) is 2. The summed E-state index contributed by atoms with van der Waals surface area (Å²) in [6.45, 7) is 4.70. The summed E-state index contributed by atoms with van der Waals surface area (Å²) in [6.07, 6.45) is -0.252. The fourth-order valence-electron chi connectivity index (χ4n) is 1.69. The van der Waals surface area contributed by atoms with Crippen molar-refractivity contribution in [2.24, 2.45) is 23.5 Å². The summed E-state index contributed by atoms with van der Waals surface area (Å²) in [4.78, 5) is 22.7. The third-order valence-electron chi connectivity index (χ3n) is 2.71. The van der Waals surface area contributed by atoms with Gasteiger partial charge in [-0.1, -0.05) is 13.8 Å². The van der Waals surface area contributed by atoms with E-state index >= 15 is 0 Å². The van der Waals surface area contributed by atoms with E-state index in [-0.39, 0.29) is 31.8 Å². The molecule has 20 heavy (non-hydrogen) atoms. The summed E-state index contributed by atoms with van der Waals surface area (Å²) in [5.41, 5.74) is 4.02. The van der Waals surface area contributed by atoms with Gasteiger partial charge in [0.25, 0.3) is 0 Å². The monoisotopic (exact) mass is 290 g/mol. The molecule has 8 nitrogen and oxygen atoms in total. The van der Waals surface area contributed by atoms with Gasteiger partial charge in [0.15, 0.2) is 0 Å². The molecule has 0 bridgehead atoms. The second-order valence-corrected chi connectivity index (χ2v) is 5.13. The first-order valence-corrected chi connectivity index (χ1v) is 6.66. The number of aliphatic hydroxyl groups is 1. The normalized spacial score (nSPS) is 13.9. The fraction of sp³-hybridized carbons (Fsp3) is 0.833. The van der Waals surface area contributed by atoms with Crippen molar-refractivity contribution in [1.29, 1.82) is 0 Å². The van der Waals surface area contributed by atoms with Crippen molar-refractivity contribution >= 4 is 11.8 Å². The van der Waals surface area contributed by atoms with Gasteiger partial charge in [-0.25, -0.2) is 11.7 Å². The summed E-state index contributed by atoms with van der Waals surface area (Å²) in [5, 5.41) is 9.83. The number of rotatable bonds is 10. The van der Waals surface area contributed by atoms with E-state index in [4.69, 9.17) is 16.4 Å². The Balaban J connectivity index is 4.20. The van der Waals surface area contributed by atoms with E-state index in [0.717, 1.165) is 0 Å². The molecule has 118 valence electrons. The molecule has 0 heterocycles. The Kier molecular flexibility index (Phi) is 9.91. The Morgan fingerprint density at radius 2 is 1.85 bits per heavy atom. The van der Waals surface area contributed by atoms with Crippen LogP contribution in [-0.2, 0) is 14.3 Å². The number of carbonyl (C=O) groups is 2. The van der Waals surface area contributed by atoms with Gasteiger partial charge in [0.05, 0.1) is 12.7 Å². The minimum Gasteiger partial charge on any atom is -0.391 e. The molecule has 0 aliphatic carbocycles. The Labute approximate surface area is 119 Å². The second kappa shape index (κ2) is 10.6. The number of nitrogens with two attached hydrogens (primary N) is 2. The van der Waals surface area contributed by atoms with Crippen molar-refractivity contribution in [3.8, 4) is 0 Å². The SMILES string of the molecule is CC(C)COC[C@@H](O)C[C@@H](CCC(=O)NN)C(=O)NN. The number of aliphatic hydroxyl groups excluding tert-OH is 1. The van der Waals surface area contributed by atoms with Gasteiger partial charge in [-0.05, 0) is 18.8 Å². The molecule has 0 unspecified atom stereocenters. The van der Waals surface area contributed by atoms with Gasteiger partial charge in [0.1, 0.15) is 0 Å². The van der Waals surface area contributed by atoms with Gasteiger partial charge in [-0.2, -0.15) is 0 Å². The predicted molar refractivity (Wildman–Crippen MR) is 73.7 cm³/mol. The number of hydrazine groups is 2. The summed E-state index contributed by atoms with van der Waals surface area (Å²) in [5.74, 6) is 9.08. The molecule has 0 aliphatic rings. The molecular formula is C12H26N4O4. The Bertz CT molecular complexity index is 299. The highest BCUT2D eigenvalue weighted by Crippen LogP contribution is 2.14. The minimum absolute atomic E-state index is 0.0914. The second-order valence-electron chi connectivity index (χ2n) is 5.13. The number of amides is 2. The highest BCUT2D eigenvalue weighted by molar-refractivity contribution is 5.80. The molecule has 0 fully saturated rings. The van der Waals surface area contributed by atoms with E-state index in [1.165, 1.54) is 0 Å². The van der Waals surface area contributed by atoms with Crippen molar-refractivity contribution < 1.29 is 19.4 Å². The smallest absolute Gasteiger partial charge is 0.237 e. The highest BCUT2D eigenvalue weighted by Gasteiger charge is 2.22. The van der Waals surface area contributed by atoms with Crippen LogP contribution >= 0.6 is 0 Å². The molecule has 0 aromatic rings. The molecule has 7 N–H and O–H groups in total. The fourth-order valence-corrected chi connectivity index (χ4v) is 1.69. The summed E-state index contributed by atoms with van der Waals surface area (Å²) >= 11 is 0. The summed E-state index contributed by atoms with van der Waals surface area (Å²) in [7, 11) is 0. The third-order valence-corrected chi connectivity index (χ3v) is 2.71. The number of hydrogen-bond acceptors (Lipinski definition) is 6. The van der Waals surface area contributed by atoms with Gasteiger partial charge in [0.2, 0.25) is 11.8 Å². The van der Waals surface area contributed by atoms with Crippen LogP contribution in [0.4, 0.5) is 0 Å². The average Bonchev–Trinajstić information content (AvgIpc) is 2.41. The van der Waals surface area contributed by atoms with Gasteiger partial charge < -0.3 is 9.84 Å². The number of hydrogen-bond donors (Lipinski definition) is 5. The Morgan fingerprint density at radius 1 is 1.20 bits per heavy atom. The molecule has 8 heteroatoms. The van der Waals surface area contributed by atoms with E-state index in [1.807, 2.05) is 24.7 Å². The first-order valence-electron chi connectivity index (χ1n) is 6.66. The minimum atomic E-state index is -0.781. The molecule has 0 aromatic heterocycles. The topological polar surface area (TPSA) is 140 Å². The van der Waals surface area contributed by atoms with Crippen molar-refractivity contribution in [3.05, 3.63) is 0 Å². The van der Waals surface area contributed by atoms with Crippen LogP contribution in [0.25, 0.3) is 0 Å². The Hall–Kier alpha value is -1.22. The van der Waals surface area contributed by atoms with E-state index < -0.39 is 17.9 Å². The zero-order valence-corrected chi connectivity index (χ0v) is 12.1. The van der Waals surface area contributed by atoms with Crippen LogP contribution in [0, 0.1) is 11.8 Å². The highest BCUT2D eigenvalue weighted by atomic mass is 16.5. The van der Waals surface area contributed by atoms with Crippen molar-refractivity contribution in [2.45, 2.75) is 39.2 Å². The molecular weight excluding hydrogens is 264 g/mol. The van der Waals surface area contributed by atoms with E-state index in [9.17, 15) is 14.7 Å². The average molecular weight is 290 g/mol. The first-order chi connectivity index (χ1) is 9.40. The standard InChI is InChI=1S/C12H26N4O4/c1-8(2)6-20-7-10(17)5-9(12(19)16-14)3-4-11(18)15-13/h8-10,17H,3-7,13-14H2,1-2H3,(H,15,18)(H,16,19)/t9-,10+/m1/s1. The molecule has 0 radical (unpaired) electrons. The summed E-state index contributed by atoms with van der Waals surface area (Å²) < 4.78 is 5.31. The van der Waals surface area contributed by atoms with Crippen LogP contribution in [0.1, 0.15) is 33.1 Å². The van der Waals surface area contributed by atoms with Crippen molar-refractivity contribution in [2.75, 3.05) is 13.2 Å². The van der Waals surface area contributed by atoms with Crippen LogP contribution in [0.2, 0.25) is 0 Å². The third kappa shape index (κ3) is 8.81. The molecule has 0 aliphatic heterocycles. The van der Waals surface area contributed by atoms with Crippen LogP contribution in [0.5, 0.6) is 0 Å². The molecule has 0 rings (SSSR count). The van der Waals surface area contributed by atoms with E-state index in [1.54, 1.807) is 0 Å². The molecule has 2 amide bonds. The van der Waals surface area contributed by atoms with E-state index in [0.29, 0.717) is 12.5 Å². The zero-order chi connectivity index (χ0) is 15.5. The Morgan fingerprint density at radius 3 is 2.35 bits per heavy atom. The van der Waals surface area contributed by atoms with Crippen LogP contribution in [-0.4, -0.2) is 36.2 Å². The molecule has 0 aromatic carbocycles. The van der Waals surface area contributed by atoms with E-state index in [2.05, 4.69) is 0 Å². The lowest BCUT2D eigenvalue weighted by Gasteiger charge is -2.19. The van der Waals surface area contributed by atoms with Gasteiger partial charge >= 0.3 is 0 Å². The molecule has 0 spiro atoms. The first kappa shape index (κ1) is 18.8. The quantitative estimate of drug-likeness (QED) is 0.194. The number of carbonyl (C=O) groups excluding carboxylic acids is 2. The summed E-state index contributed by atoms with van der Waals surface area (Å²) in [6, 6.07) is 0. The maximum Gasteiger partial charge on any atom is 0.237 e. The largest absolute Gasteiger partial charge is 0.391 e.